The molecule has 1 N–H and O–H groups in total. The van der Waals surface area contributed by atoms with Gasteiger partial charge in [0.2, 0.25) is 0 Å². The zero-order valence-corrected chi connectivity index (χ0v) is 6.97. The van der Waals surface area contributed by atoms with Crippen LogP contribution in [0.1, 0.15) is 13.8 Å². The molecule has 0 saturated heterocycles. The molecule has 2 nitrogen and oxygen atoms in total. The Balaban J connectivity index is 3.91. The second kappa shape index (κ2) is 3.67. The minimum Gasteiger partial charge on any atom is -0.480 e. The molecular weight excluding hydrogens is 184 g/mol. The monoisotopic (exact) mass is 192 g/mol. The molecule has 9 heavy (non-hydrogen) atoms. The fraction of sp³-hybridized carbons (Fsp3) is 0.500. The van der Waals surface area contributed by atoms with Gasteiger partial charge in [-0.05, 0) is 13.8 Å². The number of alkyl halides is 1. The Morgan fingerprint density at radius 2 is 2.11 bits per heavy atom. The van der Waals surface area contributed by atoms with Gasteiger partial charge in [0, 0.05) is 0 Å². The van der Waals surface area contributed by atoms with E-state index in [1.807, 2.05) is 13.8 Å². The second-order valence-corrected chi connectivity index (χ2v) is 2.97. The number of halogens is 1. The van der Waals surface area contributed by atoms with Gasteiger partial charge in [-0.3, -0.25) is 4.79 Å². The van der Waals surface area contributed by atoms with Crippen molar-refractivity contribution in [3.05, 3.63) is 11.6 Å². The van der Waals surface area contributed by atoms with Gasteiger partial charge in [0.25, 0.3) is 0 Å². The molecule has 0 aromatic carbocycles. The van der Waals surface area contributed by atoms with E-state index in [1.54, 1.807) is 6.08 Å². The minimum absolute atomic E-state index is 0.539. The third-order valence-corrected chi connectivity index (χ3v) is 1.37. The summed E-state index contributed by atoms with van der Waals surface area (Å²) in [6, 6.07) is 0. The third-order valence-electron chi connectivity index (χ3n) is 0.716. The van der Waals surface area contributed by atoms with Gasteiger partial charge >= 0.3 is 5.97 Å². The first-order chi connectivity index (χ1) is 4.04. The molecule has 0 rings (SSSR count). The van der Waals surface area contributed by atoms with E-state index in [2.05, 4.69) is 15.9 Å². The Bertz CT molecular complexity index is 136. The van der Waals surface area contributed by atoms with Crippen LogP contribution in [0.4, 0.5) is 0 Å². The van der Waals surface area contributed by atoms with Crippen molar-refractivity contribution >= 4 is 21.9 Å². The number of carboxylic acids is 1. The lowest BCUT2D eigenvalue weighted by Gasteiger charge is -1.95. The molecule has 0 aromatic heterocycles. The molecule has 0 saturated carbocycles. The maximum absolute atomic E-state index is 10.1. The summed E-state index contributed by atoms with van der Waals surface area (Å²) in [6.07, 6.45) is 1.64. The molecule has 0 aliphatic carbocycles. The van der Waals surface area contributed by atoms with Crippen LogP contribution >= 0.6 is 15.9 Å². The molecule has 3 heteroatoms. The molecule has 0 spiro atoms. The highest BCUT2D eigenvalue weighted by atomic mass is 79.9. The first-order valence-electron chi connectivity index (χ1n) is 2.56. The Morgan fingerprint density at radius 3 is 2.22 bits per heavy atom. The van der Waals surface area contributed by atoms with Gasteiger partial charge in [0.05, 0.1) is 0 Å². The van der Waals surface area contributed by atoms with Crippen molar-refractivity contribution in [2.24, 2.45) is 0 Å². The molecule has 0 aliphatic heterocycles. The SMILES string of the molecule is CC(C)=CC(Br)C(=O)O. The normalized spacial score (nSPS) is 12.3. The van der Waals surface area contributed by atoms with Crippen LogP contribution in [-0.2, 0) is 4.79 Å². The summed E-state index contributed by atoms with van der Waals surface area (Å²) in [5.74, 6) is -0.851. The standard InChI is InChI=1S/C6H9BrO2/c1-4(2)3-5(7)6(8)9/h3,5H,1-2H3,(H,8,9). The molecule has 0 radical (unpaired) electrons. The summed E-state index contributed by atoms with van der Waals surface area (Å²) in [6.45, 7) is 3.72. The van der Waals surface area contributed by atoms with Crippen LogP contribution in [-0.4, -0.2) is 15.9 Å². The van der Waals surface area contributed by atoms with Gasteiger partial charge in [-0.2, -0.15) is 0 Å². The maximum Gasteiger partial charge on any atom is 0.321 e. The molecule has 52 valence electrons. The van der Waals surface area contributed by atoms with E-state index in [1.165, 1.54) is 0 Å². The summed E-state index contributed by atoms with van der Waals surface area (Å²) in [4.78, 5) is 9.60. The van der Waals surface area contributed by atoms with E-state index in [-0.39, 0.29) is 0 Å². The predicted molar refractivity (Wildman–Crippen MR) is 39.8 cm³/mol. The number of hydrogen-bond acceptors (Lipinski definition) is 1. The van der Waals surface area contributed by atoms with Crippen LogP contribution in [0.2, 0.25) is 0 Å². The Kier molecular flexibility index (Phi) is 3.54. The third kappa shape index (κ3) is 4.21. The Labute approximate surface area is 62.7 Å². The summed E-state index contributed by atoms with van der Waals surface area (Å²) < 4.78 is 0. The van der Waals surface area contributed by atoms with Crippen molar-refractivity contribution < 1.29 is 9.90 Å². The van der Waals surface area contributed by atoms with Gasteiger partial charge in [-0.15, -0.1) is 0 Å². The van der Waals surface area contributed by atoms with Crippen LogP contribution in [0.3, 0.4) is 0 Å². The average Bonchev–Trinajstić information content (AvgIpc) is 1.63. The smallest absolute Gasteiger partial charge is 0.321 e. The highest BCUT2D eigenvalue weighted by Crippen LogP contribution is 2.04. The largest absolute Gasteiger partial charge is 0.480 e. The number of hydrogen-bond donors (Lipinski definition) is 1. The highest BCUT2D eigenvalue weighted by Gasteiger charge is 2.07. The fourth-order valence-corrected chi connectivity index (χ4v) is 0.893. The fourth-order valence-electron chi connectivity index (χ4n) is 0.364. The van der Waals surface area contributed by atoms with Gasteiger partial charge in [0.15, 0.2) is 0 Å². The zero-order valence-electron chi connectivity index (χ0n) is 5.39. The lowest BCUT2D eigenvalue weighted by Crippen LogP contribution is -2.09. The van der Waals surface area contributed by atoms with Crippen LogP contribution in [0, 0.1) is 0 Å². The summed E-state index contributed by atoms with van der Waals surface area (Å²) in [5, 5.41) is 8.34. The Hall–Kier alpha value is -0.310. The zero-order chi connectivity index (χ0) is 7.44. The van der Waals surface area contributed by atoms with E-state index in [4.69, 9.17) is 5.11 Å². The maximum atomic E-state index is 10.1. The molecule has 0 heterocycles. The van der Waals surface area contributed by atoms with E-state index >= 15 is 0 Å². The molecule has 0 aromatic rings. The van der Waals surface area contributed by atoms with Crippen molar-refractivity contribution in [2.75, 3.05) is 0 Å². The van der Waals surface area contributed by atoms with E-state index < -0.39 is 10.8 Å². The summed E-state index contributed by atoms with van der Waals surface area (Å²) in [5.41, 5.74) is 0.999. The summed E-state index contributed by atoms with van der Waals surface area (Å²) >= 11 is 2.97. The number of rotatable bonds is 2. The van der Waals surface area contributed by atoms with E-state index in [9.17, 15) is 4.79 Å². The van der Waals surface area contributed by atoms with Crippen molar-refractivity contribution in [3.63, 3.8) is 0 Å². The van der Waals surface area contributed by atoms with Crippen LogP contribution in [0.5, 0.6) is 0 Å². The molecular formula is C6H9BrO2. The molecule has 0 fully saturated rings. The van der Waals surface area contributed by atoms with E-state index in [0.717, 1.165) is 5.57 Å². The Morgan fingerprint density at radius 1 is 1.67 bits per heavy atom. The van der Waals surface area contributed by atoms with Crippen molar-refractivity contribution in [3.8, 4) is 0 Å². The number of allylic oxidation sites excluding steroid dienone is 1. The van der Waals surface area contributed by atoms with Gasteiger partial charge in [-0.25, -0.2) is 0 Å². The quantitative estimate of drug-likeness (QED) is 0.536. The molecule has 1 unspecified atom stereocenters. The summed E-state index contributed by atoms with van der Waals surface area (Å²) in [7, 11) is 0. The second-order valence-electron chi connectivity index (χ2n) is 1.98. The lowest BCUT2D eigenvalue weighted by atomic mass is 10.3. The van der Waals surface area contributed by atoms with Crippen molar-refractivity contribution in [1.82, 2.24) is 0 Å². The molecule has 1 atom stereocenters. The highest BCUT2D eigenvalue weighted by molar-refractivity contribution is 9.10. The first kappa shape index (κ1) is 8.69. The number of carbonyl (C=O) groups is 1. The first-order valence-corrected chi connectivity index (χ1v) is 3.47. The molecule has 0 amide bonds. The van der Waals surface area contributed by atoms with Crippen LogP contribution in [0.25, 0.3) is 0 Å². The minimum atomic E-state index is -0.851. The molecule has 0 aliphatic rings. The van der Waals surface area contributed by atoms with Crippen molar-refractivity contribution in [2.45, 2.75) is 18.7 Å². The molecule has 0 bridgehead atoms. The van der Waals surface area contributed by atoms with Crippen LogP contribution in [0.15, 0.2) is 11.6 Å². The lowest BCUT2D eigenvalue weighted by molar-refractivity contribution is -0.135. The van der Waals surface area contributed by atoms with Crippen LogP contribution < -0.4 is 0 Å². The van der Waals surface area contributed by atoms with Gasteiger partial charge < -0.3 is 5.11 Å². The predicted octanol–water partition coefficient (Wildman–Crippen LogP) is 1.80. The number of aliphatic carboxylic acids is 1. The van der Waals surface area contributed by atoms with Crippen molar-refractivity contribution in [1.29, 1.82) is 0 Å². The number of carboxylic acid groups (broad SMARTS) is 1. The topological polar surface area (TPSA) is 37.3 Å². The van der Waals surface area contributed by atoms with Gasteiger partial charge in [-0.1, -0.05) is 27.6 Å². The van der Waals surface area contributed by atoms with Gasteiger partial charge in [0.1, 0.15) is 4.83 Å². The average molecular weight is 193 g/mol. The van der Waals surface area contributed by atoms with E-state index in [0.29, 0.717) is 0 Å².